The zero-order valence-corrected chi connectivity index (χ0v) is 11.4. The van der Waals surface area contributed by atoms with Crippen molar-refractivity contribution in [2.75, 3.05) is 0 Å². The minimum Gasteiger partial charge on any atom is -0.481 e. The molecule has 0 aromatic carbocycles. The van der Waals surface area contributed by atoms with E-state index in [4.69, 9.17) is 9.52 Å². The molecule has 0 saturated heterocycles. The maximum Gasteiger partial charge on any atom is 0.339 e. The van der Waals surface area contributed by atoms with Crippen molar-refractivity contribution in [2.24, 2.45) is 0 Å². The molecule has 0 aliphatic rings. The average Bonchev–Trinajstić information content (AvgIpc) is 2.64. The summed E-state index contributed by atoms with van der Waals surface area (Å²) in [4.78, 5) is 21.8. The second-order valence-electron chi connectivity index (χ2n) is 4.60. The van der Waals surface area contributed by atoms with E-state index in [1.54, 1.807) is 6.92 Å². The van der Waals surface area contributed by atoms with Gasteiger partial charge in [-0.15, -0.1) is 0 Å². The minimum absolute atomic E-state index is 0.117. The Morgan fingerprint density at radius 3 is 2.32 bits per heavy atom. The Morgan fingerprint density at radius 2 is 1.79 bits per heavy atom. The van der Waals surface area contributed by atoms with Gasteiger partial charge in [-0.1, -0.05) is 19.8 Å². The zero-order valence-electron chi connectivity index (χ0n) is 11.4. The predicted octanol–water partition coefficient (Wildman–Crippen LogP) is 3.04. The Kier molecular flexibility index (Phi) is 5.60. The molecule has 0 fully saturated rings. The van der Waals surface area contributed by atoms with Crippen LogP contribution in [0.25, 0.3) is 0 Å². The van der Waals surface area contributed by atoms with Gasteiger partial charge in [0.2, 0.25) is 0 Å². The molecule has 1 heterocycles. The molecule has 0 amide bonds. The molecule has 2 N–H and O–H groups in total. The molecular formula is C14H20O5. The number of unbranched alkanes of at least 4 members (excludes halogenated alkanes) is 2. The number of furan rings is 1. The predicted molar refractivity (Wildman–Crippen MR) is 69.6 cm³/mol. The Bertz CT molecular complexity index is 459. The van der Waals surface area contributed by atoms with Gasteiger partial charge in [0, 0.05) is 18.4 Å². The molecule has 0 aliphatic carbocycles. The number of rotatable bonds is 8. The van der Waals surface area contributed by atoms with Crippen molar-refractivity contribution in [1.82, 2.24) is 0 Å². The number of hydrogen-bond donors (Lipinski definition) is 2. The van der Waals surface area contributed by atoms with Gasteiger partial charge in [-0.25, -0.2) is 4.79 Å². The summed E-state index contributed by atoms with van der Waals surface area (Å²) in [6.45, 7) is 3.81. The lowest BCUT2D eigenvalue weighted by molar-refractivity contribution is -0.137. The van der Waals surface area contributed by atoms with E-state index in [1.165, 1.54) is 0 Å². The average molecular weight is 268 g/mol. The van der Waals surface area contributed by atoms with E-state index in [1.807, 2.05) is 0 Å². The fourth-order valence-corrected chi connectivity index (χ4v) is 2.08. The van der Waals surface area contributed by atoms with Crippen LogP contribution in [0.1, 0.15) is 60.0 Å². The van der Waals surface area contributed by atoms with Crippen LogP contribution < -0.4 is 0 Å². The Balaban J connectivity index is 2.91. The molecule has 0 spiro atoms. The second kappa shape index (κ2) is 6.97. The van der Waals surface area contributed by atoms with Crippen LogP contribution >= 0.6 is 0 Å². The molecule has 1 rings (SSSR count). The lowest BCUT2D eigenvalue weighted by atomic mass is 10.0. The third kappa shape index (κ3) is 4.12. The maximum atomic E-state index is 11.2. The summed E-state index contributed by atoms with van der Waals surface area (Å²) in [5.41, 5.74) is 0.761. The van der Waals surface area contributed by atoms with Crippen LogP contribution in [0.3, 0.4) is 0 Å². The highest BCUT2D eigenvalue weighted by Gasteiger charge is 2.22. The molecule has 5 heteroatoms. The quantitative estimate of drug-likeness (QED) is 0.707. The smallest absolute Gasteiger partial charge is 0.339 e. The van der Waals surface area contributed by atoms with Gasteiger partial charge in [-0.2, -0.15) is 0 Å². The summed E-state index contributed by atoms with van der Waals surface area (Å²) in [7, 11) is 0. The Labute approximate surface area is 112 Å². The number of carboxylic acid groups (broad SMARTS) is 2. The molecule has 0 atom stereocenters. The highest BCUT2D eigenvalue weighted by molar-refractivity contribution is 5.91. The fourth-order valence-electron chi connectivity index (χ4n) is 2.08. The first-order chi connectivity index (χ1) is 8.97. The molecule has 0 saturated carbocycles. The second-order valence-corrected chi connectivity index (χ2v) is 4.60. The number of carbonyl (C=O) groups is 2. The minimum atomic E-state index is -1.05. The summed E-state index contributed by atoms with van der Waals surface area (Å²) >= 11 is 0. The van der Waals surface area contributed by atoms with Crippen LogP contribution in [0.4, 0.5) is 0 Å². The highest BCUT2D eigenvalue weighted by Crippen LogP contribution is 2.25. The van der Waals surface area contributed by atoms with E-state index in [2.05, 4.69) is 6.92 Å². The monoisotopic (exact) mass is 268 g/mol. The lowest BCUT2D eigenvalue weighted by Gasteiger charge is -1.97. The molecule has 0 bridgehead atoms. The van der Waals surface area contributed by atoms with E-state index >= 15 is 0 Å². The van der Waals surface area contributed by atoms with Gasteiger partial charge in [-0.3, -0.25) is 4.79 Å². The van der Waals surface area contributed by atoms with Crippen LogP contribution in [0.15, 0.2) is 4.42 Å². The lowest BCUT2D eigenvalue weighted by Crippen LogP contribution is -2.04. The van der Waals surface area contributed by atoms with Gasteiger partial charge >= 0.3 is 11.9 Å². The molecule has 106 valence electrons. The Hall–Kier alpha value is -1.78. The van der Waals surface area contributed by atoms with Gasteiger partial charge in [0.05, 0.1) is 6.42 Å². The number of hydrogen-bond acceptors (Lipinski definition) is 3. The first-order valence-electron chi connectivity index (χ1n) is 6.53. The first-order valence-corrected chi connectivity index (χ1v) is 6.53. The fraction of sp³-hybridized carbons (Fsp3) is 0.571. The van der Waals surface area contributed by atoms with Gasteiger partial charge < -0.3 is 14.6 Å². The van der Waals surface area contributed by atoms with Gasteiger partial charge in [0.15, 0.2) is 0 Å². The summed E-state index contributed by atoms with van der Waals surface area (Å²) in [5.74, 6) is -1.06. The van der Waals surface area contributed by atoms with Crippen molar-refractivity contribution >= 4 is 11.9 Å². The van der Waals surface area contributed by atoms with Gasteiger partial charge in [-0.05, 0) is 13.3 Å². The van der Waals surface area contributed by atoms with Crippen molar-refractivity contribution < 1.29 is 24.2 Å². The standard InChI is InChI=1S/C14H20O5/c1-3-4-5-6-10-9(2)13(14(17)18)11(19-10)7-8-12(15)16/h3-8H2,1-2H3,(H,15,16)(H,17,18). The van der Waals surface area contributed by atoms with Crippen LogP contribution in [0, 0.1) is 6.92 Å². The molecule has 0 aliphatic heterocycles. The van der Waals surface area contributed by atoms with Gasteiger partial charge in [0.1, 0.15) is 17.1 Å². The van der Waals surface area contributed by atoms with E-state index < -0.39 is 11.9 Å². The SMILES string of the molecule is CCCCCc1oc(CCC(=O)O)c(C(=O)O)c1C. The highest BCUT2D eigenvalue weighted by atomic mass is 16.4. The van der Waals surface area contributed by atoms with Crippen molar-refractivity contribution in [1.29, 1.82) is 0 Å². The Morgan fingerprint density at radius 1 is 1.11 bits per heavy atom. The third-order valence-corrected chi connectivity index (χ3v) is 3.11. The number of aliphatic carboxylic acids is 1. The summed E-state index contributed by atoms with van der Waals surface area (Å²) in [5, 5.41) is 17.9. The van der Waals surface area contributed by atoms with Crippen molar-refractivity contribution in [2.45, 2.75) is 52.4 Å². The maximum absolute atomic E-state index is 11.2. The van der Waals surface area contributed by atoms with Crippen LogP contribution in [-0.2, 0) is 17.6 Å². The van der Waals surface area contributed by atoms with Crippen LogP contribution in [0.5, 0.6) is 0 Å². The number of aryl methyl sites for hydroxylation is 2. The van der Waals surface area contributed by atoms with Crippen molar-refractivity contribution in [3.8, 4) is 0 Å². The van der Waals surface area contributed by atoms with Gasteiger partial charge in [0.25, 0.3) is 0 Å². The molecular weight excluding hydrogens is 248 g/mol. The summed E-state index contributed by atoms with van der Waals surface area (Å²) < 4.78 is 5.56. The van der Waals surface area contributed by atoms with Crippen molar-refractivity contribution in [3.63, 3.8) is 0 Å². The van der Waals surface area contributed by atoms with E-state index in [9.17, 15) is 14.7 Å². The molecule has 0 unspecified atom stereocenters. The largest absolute Gasteiger partial charge is 0.481 e. The van der Waals surface area contributed by atoms with Crippen LogP contribution in [0.2, 0.25) is 0 Å². The zero-order chi connectivity index (χ0) is 14.4. The number of carboxylic acids is 2. The first kappa shape index (κ1) is 15.3. The van der Waals surface area contributed by atoms with Crippen molar-refractivity contribution in [3.05, 3.63) is 22.6 Å². The molecule has 0 radical (unpaired) electrons. The van der Waals surface area contributed by atoms with E-state index in [-0.39, 0.29) is 24.2 Å². The molecule has 19 heavy (non-hydrogen) atoms. The van der Waals surface area contributed by atoms with E-state index in [0.29, 0.717) is 17.7 Å². The molecule has 1 aromatic heterocycles. The van der Waals surface area contributed by atoms with Crippen LogP contribution in [-0.4, -0.2) is 22.2 Å². The number of aromatic carboxylic acids is 1. The molecule has 5 nitrogen and oxygen atoms in total. The molecule has 1 aromatic rings. The topological polar surface area (TPSA) is 87.7 Å². The van der Waals surface area contributed by atoms with E-state index in [0.717, 1.165) is 19.3 Å². The normalized spacial score (nSPS) is 10.6. The summed E-state index contributed by atoms with van der Waals surface area (Å²) in [6, 6.07) is 0. The third-order valence-electron chi connectivity index (χ3n) is 3.11. The summed E-state index contributed by atoms with van der Waals surface area (Å²) in [6.07, 6.45) is 3.78.